The van der Waals surface area contributed by atoms with E-state index in [2.05, 4.69) is 48.1 Å². The highest BCUT2D eigenvalue weighted by molar-refractivity contribution is 9.10. The Balaban J connectivity index is 2.40. The first-order chi connectivity index (χ1) is 7.50. The molecule has 0 aliphatic carbocycles. The smallest absolute Gasteiger partial charge is 0.0551 e. The van der Waals surface area contributed by atoms with Gasteiger partial charge in [0, 0.05) is 11.0 Å². The fourth-order valence-electron chi connectivity index (χ4n) is 1.33. The first-order valence-electron chi connectivity index (χ1n) is 5.65. The predicted octanol–water partition coefficient (Wildman–Crippen LogP) is 4.48. The normalized spacial score (nSPS) is 13.1. The zero-order chi connectivity index (χ0) is 12.1. The molecule has 90 valence electrons. The third kappa shape index (κ3) is 4.44. The second kappa shape index (κ2) is 6.63. The van der Waals surface area contributed by atoms with Crippen molar-refractivity contribution in [2.75, 3.05) is 6.54 Å². The van der Waals surface area contributed by atoms with Gasteiger partial charge >= 0.3 is 0 Å². The highest BCUT2D eigenvalue weighted by Crippen LogP contribution is 2.23. The monoisotopic (exact) mass is 303 g/mol. The Bertz CT molecular complexity index is 339. The van der Waals surface area contributed by atoms with Gasteiger partial charge in [0.1, 0.15) is 0 Å². The molecule has 1 unspecified atom stereocenters. The molecule has 0 aromatic heterocycles. The van der Waals surface area contributed by atoms with E-state index in [1.54, 1.807) is 0 Å². The lowest BCUT2D eigenvalue weighted by molar-refractivity contribution is 0.392. The highest BCUT2D eigenvalue weighted by Gasteiger charge is 2.06. The molecule has 16 heavy (non-hydrogen) atoms. The number of hydrogen-bond donors (Lipinski definition) is 1. The summed E-state index contributed by atoms with van der Waals surface area (Å²) in [7, 11) is 0. The summed E-state index contributed by atoms with van der Waals surface area (Å²) in [6.45, 7) is 8.70. The Hall–Kier alpha value is -0.0500. The largest absolute Gasteiger partial charge is 0.312 e. The molecule has 0 amide bonds. The Morgan fingerprint density at radius 2 is 2.00 bits per heavy atom. The standard InChI is InChI=1S/C13H19BrClN/c1-9(2)10(3)7-16-8-11-4-5-12(14)13(15)6-11/h4-6,9-10,16H,7-8H2,1-3H3. The first-order valence-corrected chi connectivity index (χ1v) is 6.82. The van der Waals surface area contributed by atoms with Crippen molar-refractivity contribution in [1.82, 2.24) is 5.32 Å². The second-order valence-electron chi connectivity index (χ2n) is 4.60. The van der Waals surface area contributed by atoms with Crippen molar-refractivity contribution in [2.45, 2.75) is 27.3 Å². The summed E-state index contributed by atoms with van der Waals surface area (Å²) in [6, 6.07) is 6.08. The van der Waals surface area contributed by atoms with Crippen molar-refractivity contribution in [3.63, 3.8) is 0 Å². The molecule has 0 radical (unpaired) electrons. The van der Waals surface area contributed by atoms with Crippen LogP contribution >= 0.6 is 27.5 Å². The summed E-state index contributed by atoms with van der Waals surface area (Å²) in [5.41, 5.74) is 1.23. The first kappa shape index (κ1) is 14.0. The molecule has 1 aromatic carbocycles. The van der Waals surface area contributed by atoms with Crippen LogP contribution in [0.4, 0.5) is 0 Å². The van der Waals surface area contributed by atoms with Crippen molar-refractivity contribution >= 4 is 27.5 Å². The van der Waals surface area contributed by atoms with E-state index in [9.17, 15) is 0 Å². The zero-order valence-electron chi connectivity index (χ0n) is 10.1. The van der Waals surface area contributed by atoms with Gasteiger partial charge in [-0.05, 0) is 52.0 Å². The minimum absolute atomic E-state index is 0.700. The number of nitrogens with one attached hydrogen (secondary N) is 1. The summed E-state index contributed by atoms with van der Waals surface area (Å²) in [6.07, 6.45) is 0. The molecule has 0 bridgehead atoms. The molecule has 3 heteroatoms. The molecule has 0 aliphatic heterocycles. The summed E-state index contributed by atoms with van der Waals surface area (Å²) >= 11 is 9.42. The van der Waals surface area contributed by atoms with E-state index in [0.29, 0.717) is 5.92 Å². The number of benzene rings is 1. The molecular formula is C13H19BrClN. The fourth-order valence-corrected chi connectivity index (χ4v) is 1.78. The van der Waals surface area contributed by atoms with Gasteiger partial charge in [-0.25, -0.2) is 0 Å². The van der Waals surface area contributed by atoms with Crippen LogP contribution in [0.25, 0.3) is 0 Å². The number of hydrogen-bond acceptors (Lipinski definition) is 1. The topological polar surface area (TPSA) is 12.0 Å². The van der Waals surface area contributed by atoms with Crippen molar-refractivity contribution in [2.24, 2.45) is 11.8 Å². The Kier molecular flexibility index (Phi) is 5.81. The molecular weight excluding hydrogens is 286 g/mol. The van der Waals surface area contributed by atoms with Gasteiger partial charge in [0.05, 0.1) is 5.02 Å². The molecule has 0 spiro atoms. The highest BCUT2D eigenvalue weighted by atomic mass is 79.9. The van der Waals surface area contributed by atoms with Crippen LogP contribution in [0.5, 0.6) is 0 Å². The van der Waals surface area contributed by atoms with Crippen LogP contribution in [0.15, 0.2) is 22.7 Å². The lowest BCUT2D eigenvalue weighted by atomic mass is 9.98. The van der Waals surface area contributed by atoms with E-state index in [1.807, 2.05) is 12.1 Å². The predicted molar refractivity (Wildman–Crippen MR) is 74.9 cm³/mol. The molecule has 1 rings (SSSR count). The molecule has 0 saturated heterocycles. The van der Waals surface area contributed by atoms with E-state index in [-0.39, 0.29) is 0 Å². The van der Waals surface area contributed by atoms with Gasteiger partial charge in [-0.3, -0.25) is 0 Å². The SMILES string of the molecule is CC(C)C(C)CNCc1ccc(Br)c(Cl)c1. The average Bonchev–Trinajstić information content (AvgIpc) is 2.23. The molecule has 1 aromatic rings. The molecule has 1 N–H and O–H groups in total. The maximum atomic E-state index is 6.03. The minimum Gasteiger partial charge on any atom is -0.312 e. The van der Waals surface area contributed by atoms with Crippen LogP contribution in [0.3, 0.4) is 0 Å². The van der Waals surface area contributed by atoms with E-state index < -0.39 is 0 Å². The molecule has 1 atom stereocenters. The van der Waals surface area contributed by atoms with E-state index in [0.717, 1.165) is 28.5 Å². The molecule has 0 saturated carbocycles. The van der Waals surface area contributed by atoms with Crippen LogP contribution < -0.4 is 5.32 Å². The lowest BCUT2D eigenvalue weighted by Crippen LogP contribution is -2.23. The van der Waals surface area contributed by atoms with Crippen molar-refractivity contribution in [3.8, 4) is 0 Å². The average molecular weight is 305 g/mol. The maximum Gasteiger partial charge on any atom is 0.0551 e. The second-order valence-corrected chi connectivity index (χ2v) is 5.86. The van der Waals surface area contributed by atoms with Gasteiger partial charge < -0.3 is 5.32 Å². The lowest BCUT2D eigenvalue weighted by Gasteiger charge is -2.16. The molecule has 0 fully saturated rings. The quantitative estimate of drug-likeness (QED) is 0.845. The van der Waals surface area contributed by atoms with E-state index >= 15 is 0 Å². The summed E-state index contributed by atoms with van der Waals surface area (Å²) in [5, 5.41) is 4.23. The fraction of sp³-hybridized carbons (Fsp3) is 0.538. The van der Waals surface area contributed by atoms with Gasteiger partial charge in [0.25, 0.3) is 0 Å². The van der Waals surface area contributed by atoms with Crippen LogP contribution in [0, 0.1) is 11.8 Å². The zero-order valence-corrected chi connectivity index (χ0v) is 12.4. The minimum atomic E-state index is 0.700. The molecule has 0 aliphatic rings. The number of halogens is 2. The van der Waals surface area contributed by atoms with Crippen LogP contribution in [-0.2, 0) is 6.54 Å². The third-order valence-corrected chi connectivity index (χ3v) is 4.15. The third-order valence-electron chi connectivity index (χ3n) is 2.92. The van der Waals surface area contributed by atoms with Gasteiger partial charge in [-0.15, -0.1) is 0 Å². The maximum absolute atomic E-state index is 6.03. The summed E-state index contributed by atoms with van der Waals surface area (Å²) < 4.78 is 0.952. The van der Waals surface area contributed by atoms with Crippen LogP contribution in [0.2, 0.25) is 5.02 Å². The van der Waals surface area contributed by atoms with Crippen molar-refractivity contribution in [3.05, 3.63) is 33.3 Å². The van der Waals surface area contributed by atoms with Crippen molar-refractivity contribution < 1.29 is 0 Å². The summed E-state index contributed by atoms with van der Waals surface area (Å²) in [4.78, 5) is 0. The van der Waals surface area contributed by atoms with Gasteiger partial charge in [0.2, 0.25) is 0 Å². The number of rotatable bonds is 5. The van der Waals surface area contributed by atoms with Gasteiger partial charge in [-0.2, -0.15) is 0 Å². The van der Waals surface area contributed by atoms with Crippen molar-refractivity contribution in [1.29, 1.82) is 0 Å². The Labute approximate surface area is 112 Å². The van der Waals surface area contributed by atoms with Crippen LogP contribution in [-0.4, -0.2) is 6.54 Å². The van der Waals surface area contributed by atoms with Gasteiger partial charge in [-0.1, -0.05) is 38.4 Å². The van der Waals surface area contributed by atoms with Crippen LogP contribution in [0.1, 0.15) is 26.3 Å². The van der Waals surface area contributed by atoms with Gasteiger partial charge in [0.15, 0.2) is 0 Å². The van der Waals surface area contributed by atoms with E-state index in [4.69, 9.17) is 11.6 Å². The Morgan fingerprint density at radius 1 is 1.31 bits per heavy atom. The summed E-state index contributed by atoms with van der Waals surface area (Å²) in [5.74, 6) is 1.42. The molecule has 0 heterocycles. The Morgan fingerprint density at radius 3 is 2.56 bits per heavy atom. The van der Waals surface area contributed by atoms with E-state index in [1.165, 1.54) is 5.56 Å². The molecule has 1 nitrogen and oxygen atoms in total.